The van der Waals surface area contributed by atoms with Crippen LogP contribution in [0.2, 0.25) is 0 Å². The molecule has 0 radical (unpaired) electrons. The Bertz CT molecular complexity index is 510. The van der Waals surface area contributed by atoms with Crippen LogP contribution < -0.4 is 5.32 Å². The maximum atomic E-state index is 5.48. The van der Waals surface area contributed by atoms with E-state index >= 15 is 0 Å². The first-order chi connectivity index (χ1) is 9.85. The molecule has 0 aliphatic carbocycles. The Hall–Kier alpha value is -1.23. The fraction of sp³-hybridized carbons (Fsp3) is 0.438. The molecule has 0 saturated heterocycles. The second kappa shape index (κ2) is 8.15. The van der Waals surface area contributed by atoms with Crippen LogP contribution in [0.15, 0.2) is 30.3 Å². The van der Waals surface area contributed by atoms with Crippen molar-refractivity contribution in [2.24, 2.45) is 0 Å². The molecule has 1 aromatic carbocycles. The highest BCUT2D eigenvalue weighted by atomic mass is 32.1. The molecule has 0 aliphatic rings. The quantitative estimate of drug-likeness (QED) is 0.756. The summed E-state index contributed by atoms with van der Waals surface area (Å²) in [7, 11) is 0. The monoisotopic (exact) mass is 290 g/mol. The van der Waals surface area contributed by atoms with Crippen molar-refractivity contribution >= 4 is 11.3 Å². The Morgan fingerprint density at radius 3 is 2.70 bits per heavy atom. The van der Waals surface area contributed by atoms with Crippen molar-refractivity contribution in [2.45, 2.75) is 26.9 Å². The van der Waals surface area contributed by atoms with Gasteiger partial charge in [-0.15, -0.1) is 11.3 Å². The summed E-state index contributed by atoms with van der Waals surface area (Å²) in [6.45, 7) is 7.48. The van der Waals surface area contributed by atoms with Crippen molar-refractivity contribution in [1.82, 2.24) is 10.3 Å². The third kappa shape index (κ3) is 4.13. The predicted molar refractivity (Wildman–Crippen MR) is 85.1 cm³/mol. The normalized spacial score (nSPS) is 10.9. The van der Waals surface area contributed by atoms with Gasteiger partial charge in [0.2, 0.25) is 0 Å². The van der Waals surface area contributed by atoms with Crippen molar-refractivity contribution in [3.8, 4) is 11.3 Å². The lowest BCUT2D eigenvalue weighted by Gasteiger charge is -2.03. The molecular formula is C16H22N2OS. The zero-order valence-electron chi connectivity index (χ0n) is 12.2. The molecule has 0 unspecified atom stereocenters. The van der Waals surface area contributed by atoms with E-state index in [1.165, 1.54) is 10.4 Å². The maximum Gasteiger partial charge on any atom is 0.119 e. The second-order valence-corrected chi connectivity index (χ2v) is 5.65. The first-order valence-electron chi connectivity index (χ1n) is 7.17. The fourth-order valence-corrected chi connectivity index (χ4v) is 3.05. The van der Waals surface area contributed by atoms with Gasteiger partial charge in [0.15, 0.2) is 0 Å². The zero-order valence-corrected chi connectivity index (χ0v) is 13.0. The van der Waals surface area contributed by atoms with Crippen LogP contribution in [0, 0.1) is 0 Å². The molecule has 20 heavy (non-hydrogen) atoms. The van der Waals surface area contributed by atoms with E-state index in [9.17, 15) is 0 Å². The number of hydrogen-bond donors (Lipinski definition) is 1. The Morgan fingerprint density at radius 2 is 2.00 bits per heavy atom. The minimum absolute atomic E-state index is 0.613. The summed E-state index contributed by atoms with van der Waals surface area (Å²) in [5.74, 6) is 0. The van der Waals surface area contributed by atoms with Crippen molar-refractivity contribution < 1.29 is 4.74 Å². The first-order valence-corrected chi connectivity index (χ1v) is 7.99. The van der Waals surface area contributed by atoms with Crippen LogP contribution in [0.4, 0.5) is 0 Å². The third-order valence-corrected chi connectivity index (χ3v) is 4.09. The molecule has 0 aliphatic heterocycles. The van der Waals surface area contributed by atoms with E-state index in [-0.39, 0.29) is 0 Å². The summed E-state index contributed by atoms with van der Waals surface area (Å²) in [5, 5.41) is 4.44. The lowest BCUT2D eigenvalue weighted by Crippen LogP contribution is -2.15. The highest BCUT2D eigenvalue weighted by molar-refractivity contribution is 7.12. The van der Waals surface area contributed by atoms with Gasteiger partial charge in [-0.05, 0) is 19.9 Å². The number of likely N-dealkylation sites (N-methyl/N-ethyl adjacent to an activating group) is 1. The second-order valence-electron chi connectivity index (χ2n) is 4.49. The number of thiazole rings is 1. The minimum Gasteiger partial charge on any atom is -0.375 e. The van der Waals surface area contributed by atoms with Crippen LogP contribution >= 0.6 is 11.3 Å². The molecule has 0 saturated carbocycles. The van der Waals surface area contributed by atoms with Crippen LogP contribution in [0.3, 0.4) is 0 Å². The number of rotatable bonds is 8. The summed E-state index contributed by atoms with van der Waals surface area (Å²) < 4.78 is 5.48. The Morgan fingerprint density at radius 1 is 1.20 bits per heavy atom. The SMILES string of the molecule is CCNCCc1sc(COCC)nc1-c1ccccc1. The Labute approximate surface area is 125 Å². The van der Waals surface area contributed by atoms with E-state index < -0.39 is 0 Å². The molecule has 0 fully saturated rings. The van der Waals surface area contributed by atoms with Gasteiger partial charge in [-0.2, -0.15) is 0 Å². The average molecular weight is 290 g/mol. The van der Waals surface area contributed by atoms with Gasteiger partial charge in [0, 0.05) is 23.6 Å². The molecule has 2 aromatic rings. The lowest BCUT2D eigenvalue weighted by molar-refractivity contribution is 0.134. The maximum absolute atomic E-state index is 5.48. The van der Waals surface area contributed by atoms with Gasteiger partial charge in [-0.3, -0.25) is 0 Å². The van der Waals surface area contributed by atoms with Gasteiger partial charge in [0.05, 0.1) is 12.3 Å². The summed E-state index contributed by atoms with van der Waals surface area (Å²) in [5.41, 5.74) is 2.31. The molecule has 4 heteroatoms. The highest BCUT2D eigenvalue weighted by Crippen LogP contribution is 2.29. The van der Waals surface area contributed by atoms with Crippen molar-refractivity contribution in [3.63, 3.8) is 0 Å². The number of nitrogens with one attached hydrogen (secondary N) is 1. The molecule has 0 bridgehead atoms. The Balaban J connectivity index is 2.20. The van der Waals surface area contributed by atoms with Crippen molar-refractivity contribution in [3.05, 3.63) is 40.2 Å². The molecule has 108 valence electrons. The highest BCUT2D eigenvalue weighted by Gasteiger charge is 2.12. The topological polar surface area (TPSA) is 34.1 Å². The summed E-state index contributed by atoms with van der Waals surface area (Å²) in [4.78, 5) is 6.10. The molecular weight excluding hydrogens is 268 g/mol. The predicted octanol–water partition coefficient (Wildman–Crippen LogP) is 3.50. The van der Waals surface area contributed by atoms with Gasteiger partial charge in [-0.25, -0.2) is 4.98 Å². The first kappa shape index (κ1) is 15.2. The summed E-state index contributed by atoms with van der Waals surface area (Å²) in [6.07, 6.45) is 1.02. The van der Waals surface area contributed by atoms with Crippen LogP contribution in [0.5, 0.6) is 0 Å². The van der Waals surface area contributed by atoms with E-state index in [2.05, 4.69) is 36.5 Å². The number of benzene rings is 1. The van der Waals surface area contributed by atoms with Gasteiger partial charge >= 0.3 is 0 Å². The van der Waals surface area contributed by atoms with E-state index in [0.717, 1.165) is 36.8 Å². The molecule has 0 atom stereocenters. The van der Waals surface area contributed by atoms with E-state index in [1.54, 1.807) is 11.3 Å². The lowest BCUT2D eigenvalue weighted by atomic mass is 10.1. The van der Waals surface area contributed by atoms with Crippen molar-refractivity contribution in [1.29, 1.82) is 0 Å². The largest absolute Gasteiger partial charge is 0.375 e. The van der Waals surface area contributed by atoms with E-state index in [4.69, 9.17) is 9.72 Å². The molecule has 1 heterocycles. The Kier molecular flexibility index (Phi) is 6.18. The van der Waals surface area contributed by atoms with Crippen LogP contribution in [-0.2, 0) is 17.8 Å². The number of ether oxygens (including phenoxy) is 1. The molecule has 2 rings (SSSR count). The molecule has 0 amide bonds. The molecule has 3 nitrogen and oxygen atoms in total. The standard InChI is InChI=1S/C16H22N2OS/c1-3-17-11-10-14-16(13-8-6-5-7-9-13)18-15(20-14)12-19-4-2/h5-9,17H,3-4,10-12H2,1-2H3. The molecule has 1 aromatic heterocycles. The summed E-state index contributed by atoms with van der Waals surface area (Å²) in [6, 6.07) is 10.4. The van der Waals surface area contributed by atoms with Crippen LogP contribution in [0.1, 0.15) is 23.7 Å². The van der Waals surface area contributed by atoms with Gasteiger partial charge in [0.1, 0.15) is 5.01 Å². The average Bonchev–Trinajstić information content (AvgIpc) is 2.89. The minimum atomic E-state index is 0.613. The number of aromatic nitrogens is 1. The zero-order chi connectivity index (χ0) is 14.2. The molecule has 1 N–H and O–H groups in total. The number of nitrogens with zero attached hydrogens (tertiary/aromatic N) is 1. The number of hydrogen-bond acceptors (Lipinski definition) is 4. The third-order valence-electron chi connectivity index (χ3n) is 3.00. The van der Waals surface area contributed by atoms with E-state index in [0.29, 0.717) is 6.61 Å². The van der Waals surface area contributed by atoms with Gasteiger partial charge in [-0.1, -0.05) is 37.3 Å². The van der Waals surface area contributed by atoms with Gasteiger partial charge in [0.25, 0.3) is 0 Å². The smallest absolute Gasteiger partial charge is 0.119 e. The van der Waals surface area contributed by atoms with E-state index in [1.807, 2.05) is 13.0 Å². The summed E-state index contributed by atoms with van der Waals surface area (Å²) >= 11 is 1.77. The van der Waals surface area contributed by atoms with Gasteiger partial charge < -0.3 is 10.1 Å². The van der Waals surface area contributed by atoms with Crippen molar-refractivity contribution in [2.75, 3.05) is 19.7 Å². The molecule has 0 spiro atoms. The van der Waals surface area contributed by atoms with Crippen LogP contribution in [-0.4, -0.2) is 24.7 Å². The van der Waals surface area contributed by atoms with Crippen LogP contribution in [0.25, 0.3) is 11.3 Å². The fourth-order valence-electron chi connectivity index (χ4n) is 2.02.